The van der Waals surface area contributed by atoms with Gasteiger partial charge >= 0.3 is 0 Å². The van der Waals surface area contributed by atoms with Crippen LogP contribution in [0.15, 0.2) is 60.1 Å². The lowest BCUT2D eigenvalue weighted by Crippen LogP contribution is -2.47. The van der Waals surface area contributed by atoms with Crippen molar-refractivity contribution in [2.24, 2.45) is 0 Å². The fraction of sp³-hybridized carbons (Fsp3) is 0.375. The maximum atomic E-state index is 14.3. The van der Waals surface area contributed by atoms with E-state index in [-0.39, 0.29) is 30.8 Å². The summed E-state index contributed by atoms with van der Waals surface area (Å²) in [4.78, 5) is 34.4. The van der Waals surface area contributed by atoms with Crippen molar-refractivity contribution in [2.75, 3.05) is 21.3 Å². The van der Waals surface area contributed by atoms with E-state index in [1.54, 1.807) is 49.7 Å². The highest BCUT2D eigenvalue weighted by Gasteiger charge is 2.35. The third-order valence-electron chi connectivity index (χ3n) is 7.76. The van der Waals surface area contributed by atoms with Gasteiger partial charge in [0.05, 0.1) is 34.3 Å². The van der Waals surface area contributed by atoms with Gasteiger partial charge in [0.15, 0.2) is 11.5 Å². The van der Waals surface area contributed by atoms with Crippen LogP contribution >= 0.6 is 11.3 Å². The van der Waals surface area contributed by atoms with Gasteiger partial charge in [-0.2, -0.15) is 0 Å². The van der Waals surface area contributed by atoms with Crippen LogP contribution in [0.2, 0.25) is 0 Å². The molecule has 2 aromatic heterocycles. The number of amides is 2. The van der Waals surface area contributed by atoms with Crippen molar-refractivity contribution in [3.05, 3.63) is 76.1 Å². The Morgan fingerprint density at radius 1 is 1.00 bits per heavy atom. The zero-order chi connectivity index (χ0) is 28.8. The molecule has 2 heterocycles. The molecule has 2 amide bonds. The van der Waals surface area contributed by atoms with Crippen LogP contribution in [0.1, 0.15) is 54.1 Å². The number of hydrogen-bond acceptors (Lipinski definition) is 6. The van der Waals surface area contributed by atoms with E-state index in [0.717, 1.165) is 47.0 Å². The summed E-state index contributed by atoms with van der Waals surface area (Å²) in [5.41, 5.74) is 2.45. The summed E-state index contributed by atoms with van der Waals surface area (Å²) < 4.78 is 16.8. The first-order valence-electron chi connectivity index (χ1n) is 14.0. The van der Waals surface area contributed by atoms with Crippen LogP contribution in [0.5, 0.6) is 17.2 Å². The number of aromatic amines is 1. The highest BCUT2D eigenvalue weighted by Crippen LogP contribution is 2.41. The monoisotopic (exact) mass is 575 g/mol. The number of fused-ring (bicyclic) bond motifs is 1. The number of H-pyrrole nitrogens is 1. The van der Waals surface area contributed by atoms with Gasteiger partial charge < -0.3 is 29.4 Å². The molecule has 1 aliphatic carbocycles. The molecule has 2 aromatic carbocycles. The Hall–Kier alpha value is -3.98. The lowest BCUT2D eigenvalue weighted by atomic mass is 9.94. The molecule has 1 saturated carbocycles. The Bertz CT molecular complexity index is 1450. The maximum Gasteiger partial charge on any atom is 0.247 e. The van der Waals surface area contributed by atoms with Crippen LogP contribution in [-0.4, -0.2) is 49.1 Å². The van der Waals surface area contributed by atoms with Crippen molar-refractivity contribution in [1.82, 2.24) is 15.2 Å². The van der Waals surface area contributed by atoms with Gasteiger partial charge in [0.25, 0.3) is 0 Å². The molecule has 1 aliphatic rings. The molecule has 1 fully saturated rings. The van der Waals surface area contributed by atoms with Gasteiger partial charge in [-0.05, 0) is 53.6 Å². The second-order valence-electron chi connectivity index (χ2n) is 10.3. The summed E-state index contributed by atoms with van der Waals surface area (Å²) >= 11 is 1.56. The van der Waals surface area contributed by atoms with Crippen LogP contribution in [0.4, 0.5) is 0 Å². The number of para-hydroxylation sites is 1. The predicted octanol–water partition coefficient (Wildman–Crippen LogP) is 6.02. The number of hydrogen-bond donors (Lipinski definition) is 2. The Morgan fingerprint density at radius 2 is 1.73 bits per heavy atom. The summed E-state index contributed by atoms with van der Waals surface area (Å²) in [5, 5.41) is 6.25. The number of methoxy groups -OCH3 is 3. The molecule has 0 radical (unpaired) electrons. The minimum absolute atomic E-state index is 0.0769. The number of benzene rings is 2. The van der Waals surface area contributed by atoms with Gasteiger partial charge in [-0.15, -0.1) is 11.3 Å². The second kappa shape index (κ2) is 13.1. The summed E-state index contributed by atoms with van der Waals surface area (Å²) in [6.45, 7) is 0.290. The topological polar surface area (TPSA) is 92.9 Å². The molecule has 1 atom stereocenters. The van der Waals surface area contributed by atoms with Crippen LogP contribution in [0, 0.1) is 0 Å². The van der Waals surface area contributed by atoms with E-state index in [0.29, 0.717) is 22.8 Å². The molecular formula is C32H37N3O5S. The minimum atomic E-state index is -0.912. The Balaban J connectivity index is 1.58. The summed E-state index contributed by atoms with van der Waals surface area (Å²) in [6.07, 6.45) is 7.23. The van der Waals surface area contributed by atoms with Crippen molar-refractivity contribution in [1.29, 1.82) is 0 Å². The molecule has 9 heteroatoms. The van der Waals surface area contributed by atoms with Crippen LogP contribution in [0.25, 0.3) is 10.9 Å². The highest BCUT2D eigenvalue weighted by atomic mass is 32.1. The van der Waals surface area contributed by atoms with Crippen LogP contribution in [-0.2, 0) is 22.6 Å². The Kier molecular flexibility index (Phi) is 9.14. The zero-order valence-electron chi connectivity index (χ0n) is 23.8. The lowest BCUT2D eigenvalue weighted by Gasteiger charge is -2.33. The number of nitrogens with one attached hydrogen (secondary N) is 2. The van der Waals surface area contributed by atoms with Gasteiger partial charge in [0.2, 0.25) is 17.6 Å². The van der Waals surface area contributed by atoms with Crippen molar-refractivity contribution < 1.29 is 23.8 Å². The lowest BCUT2D eigenvalue weighted by molar-refractivity contribution is -0.141. The summed E-state index contributed by atoms with van der Waals surface area (Å²) in [6, 6.07) is 14.6. The van der Waals surface area contributed by atoms with E-state index in [4.69, 9.17) is 14.2 Å². The minimum Gasteiger partial charge on any atom is -0.493 e. The molecule has 0 unspecified atom stereocenters. The SMILES string of the molecule is COc1cc([C@H](C(=O)NC2CCCCC2)N(Cc2cccs2)C(=O)Cc2c[nH]c3ccccc23)cc(OC)c1OC. The molecule has 8 nitrogen and oxygen atoms in total. The molecule has 41 heavy (non-hydrogen) atoms. The van der Waals surface area contributed by atoms with Gasteiger partial charge in [0.1, 0.15) is 6.04 Å². The van der Waals surface area contributed by atoms with E-state index in [1.165, 1.54) is 6.42 Å². The smallest absolute Gasteiger partial charge is 0.247 e. The average Bonchev–Trinajstić information content (AvgIpc) is 3.67. The van der Waals surface area contributed by atoms with Crippen molar-refractivity contribution >= 4 is 34.1 Å². The molecule has 0 bridgehead atoms. The largest absolute Gasteiger partial charge is 0.493 e. The number of ether oxygens (including phenoxy) is 3. The number of aromatic nitrogens is 1. The molecule has 2 N–H and O–H groups in total. The van der Waals surface area contributed by atoms with Crippen molar-refractivity contribution in [2.45, 2.75) is 57.2 Å². The van der Waals surface area contributed by atoms with Gasteiger partial charge in [0, 0.05) is 28.0 Å². The summed E-state index contributed by atoms with van der Waals surface area (Å²) in [7, 11) is 4.63. The summed E-state index contributed by atoms with van der Waals surface area (Å²) in [5.74, 6) is 0.922. The fourth-order valence-corrected chi connectivity index (χ4v) is 6.40. The number of carbonyl (C=O) groups excluding carboxylic acids is 2. The van der Waals surface area contributed by atoms with E-state index in [2.05, 4.69) is 10.3 Å². The molecule has 5 rings (SSSR count). The van der Waals surface area contributed by atoms with E-state index < -0.39 is 6.04 Å². The first-order chi connectivity index (χ1) is 20.0. The van der Waals surface area contributed by atoms with Crippen LogP contribution in [0.3, 0.4) is 0 Å². The average molecular weight is 576 g/mol. The van der Waals surface area contributed by atoms with Gasteiger partial charge in [-0.1, -0.05) is 43.5 Å². The number of rotatable bonds is 11. The molecular weight excluding hydrogens is 538 g/mol. The standard InChI is InChI=1S/C32H37N3O5S/c1-38-27-16-21(17-28(39-2)31(27)40-3)30(32(37)34-23-10-5-4-6-11-23)35(20-24-12-9-15-41-24)29(36)18-22-19-33-26-14-8-7-13-25(22)26/h7-9,12-17,19,23,30,33H,4-6,10-11,18,20H2,1-3H3,(H,34,37)/t30-/m1/s1. The number of thiophene rings is 1. The zero-order valence-corrected chi connectivity index (χ0v) is 24.6. The Morgan fingerprint density at radius 3 is 2.39 bits per heavy atom. The van der Waals surface area contributed by atoms with Crippen LogP contribution < -0.4 is 19.5 Å². The second-order valence-corrected chi connectivity index (χ2v) is 11.4. The quantitative estimate of drug-likeness (QED) is 0.228. The third-order valence-corrected chi connectivity index (χ3v) is 8.62. The van der Waals surface area contributed by atoms with E-state index >= 15 is 0 Å². The van der Waals surface area contributed by atoms with E-state index in [9.17, 15) is 9.59 Å². The van der Waals surface area contributed by atoms with Crippen molar-refractivity contribution in [3.8, 4) is 17.2 Å². The van der Waals surface area contributed by atoms with Crippen molar-refractivity contribution in [3.63, 3.8) is 0 Å². The normalized spacial score (nSPS) is 14.4. The molecule has 0 saturated heterocycles. The molecule has 0 aliphatic heterocycles. The Labute approximate surface area is 244 Å². The molecule has 216 valence electrons. The maximum absolute atomic E-state index is 14.3. The third kappa shape index (κ3) is 6.35. The van der Waals surface area contributed by atoms with E-state index in [1.807, 2.05) is 48.0 Å². The molecule has 0 spiro atoms. The highest BCUT2D eigenvalue weighted by molar-refractivity contribution is 7.09. The van der Waals surface area contributed by atoms with Gasteiger partial charge in [-0.3, -0.25) is 9.59 Å². The predicted molar refractivity (Wildman–Crippen MR) is 161 cm³/mol. The first kappa shape index (κ1) is 28.5. The first-order valence-corrected chi connectivity index (χ1v) is 14.9. The van der Waals surface area contributed by atoms with Gasteiger partial charge in [-0.25, -0.2) is 0 Å². The fourth-order valence-electron chi connectivity index (χ4n) is 5.70. The number of carbonyl (C=O) groups is 2. The molecule has 4 aromatic rings. The number of nitrogens with zero attached hydrogens (tertiary/aromatic N) is 1.